The van der Waals surface area contributed by atoms with Gasteiger partial charge >= 0.3 is 0 Å². The maximum absolute atomic E-state index is 12.4. The lowest BCUT2D eigenvalue weighted by molar-refractivity contribution is -0.129. The van der Waals surface area contributed by atoms with E-state index in [9.17, 15) is 4.79 Å². The first-order chi connectivity index (χ1) is 6.42. The summed E-state index contributed by atoms with van der Waals surface area (Å²) in [6.07, 6.45) is 1.83. The van der Waals surface area contributed by atoms with Gasteiger partial charge in [0.05, 0.1) is 3.42 Å². The molecule has 0 aliphatic rings. The van der Waals surface area contributed by atoms with Gasteiger partial charge in [-0.2, -0.15) is 0 Å². The van der Waals surface area contributed by atoms with Crippen molar-refractivity contribution < 1.29 is 4.79 Å². The van der Waals surface area contributed by atoms with E-state index in [0.717, 1.165) is 12.8 Å². The Balaban J connectivity index is 4.82. The molecule has 0 spiro atoms. The first-order valence-electron chi connectivity index (χ1n) is 5.35. The zero-order valence-corrected chi connectivity index (χ0v) is 14.9. The van der Waals surface area contributed by atoms with Gasteiger partial charge in [0.1, 0.15) is 0 Å². The summed E-state index contributed by atoms with van der Waals surface area (Å²) in [6.45, 7) is 12.6. The highest BCUT2D eigenvalue weighted by molar-refractivity contribution is 14.1. The zero-order valence-electron chi connectivity index (χ0n) is 10.6. The number of carbonyl (C=O) groups excluding carboxylic acids is 1. The van der Waals surface area contributed by atoms with E-state index in [1.165, 1.54) is 0 Å². The molecule has 0 saturated heterocycles. The molecular weight excluding hydrogens is 414 g/mol. The van der Waals surface area contributed by atoms with Crippen LogP contribution in [0.25, 0.3) is 0 Å². The highest BCUT2D eigenvalue weighted by Gasteiger charge is 2.41. The molecule has 0 aromatic carbocycles. The van der Waals surface area contributed by atoms with Gasteiger partial charge in [0.15, 0.2) is 5.78 Å². The minimum Gasteiger partial charge on any atom is -0.298 e. The van der Waals surface area contributed by atoms with Crippen LogP contribution >= 0.6 is 45.2 Å². The van der Waals surface area contributed by atoms with Crippen molar-refractivity contribution in [2.45, 2.75) is 61.2 Å². The van der Waals surface area contributed by atoms with Crippen LogP contribution in [0.2, 0.25) is 0 Å². The molecule has 0 fully saturated rings. The highest BCUT2D eigenvalue weighted by atomic mass is 127. The van der Waals surface area contributed by atoms with Crippen molar-refractivity contribution in [3.8, 4) is 0 Å². The molecule has 1 unspecified atom stereocenters. The van der Waals surface area contributed by atoms with E-state index in [1.54, 1.807) is 0 Å². The van der Waals surface area contributed by atoms with Gasteiger partial charge in [-0.3, -0.25) is 4.79 Å². The molecule has 0 heterocycles. The van der Waals surface area contributed by atoms with Crippen LogP contribution < -0.4 is 0 Å². The van der Waals surface area contributed by atoms with Gasteiger partial charge in [-0.15, -0.1) is 0 Å². The number of hydrogen-bond donors (Lipinski definition) is 0. The Hall–Kier alpha value is 1.13. The summed E-state index contributed by atoms with van der Waals surface area (Å²) >= 11 is 4.71. The maximum Gasteiger partial charge on any atom is 0.154 e. The van der Waals surface area contributed by atoms with Crippen LogP contribution in [0.5, 0.6) is 0 Å². The lowest BCUT2D eigenvalue weighted by Crippen LogP contribution is -2.41. The van der Waals surface area contributed by atoms with Gasteiger partial charge in [-0.1, -0.05) is 79.8 Å². The smallest absolute Gasteiger partial charge is 0.154 e. The molecule has 0 N–H and O–H groups in total. The standard InChI is InChI=1S/C12H22I2O/c1-7-12(6,14)9(15)10(2,3)8-11(4,5)13/h7-8H2,1-6H3. The molecule has 0 bridgehead atoms. The number of hydrogen-bond acceptors (Lipinski definition) is 1. The van der Waals surface area contributed by atoms with Gasteiger partial charge < -0.3 is 0 Å². The first kappa shape index (κ1) is 16.1. The molecule has 0 radical (unpaired) electrons. The fourth-order valence-corrected chi connectivity index (χ4v) is 3.68. The van der Waals surface area contributed by atoms with Crippen molar-refractivity contribution in [3.63, 3.8) is 0 Å². The Kier molecular flexibility index (Phi) is 5.58. The van der Waals surface area contributed by atoms with Crippen molar-refractivity contribution in [1.82, 2.24) is 0 Å². The second-order valence-electron chi connectivity index (χ2n) is 5.66. The fraction of sp³-hybridized carbons (Fsp3) is 0.917. The van der Waals surface area contributed by atoms with E-state index in [2.05, 4.69) is 79.8 Å². The predicted molar refractivity (Wildman–Crippen MR) is 84.2 cm³/mol. The molecule has 0 rings (SSSR count). The molecule has 90 valence electrons. The van der Waals surface area contributed by atoms with Gasteiger partial charge in [0.2, 0.25) is 0 Å². The minimum atomic E-state index is -0.226. The van der Waals surface area contributed by atoms with Crippen LogP contribution in [-0.4, -0.2) is 12.6 Å². The van der Waals surface area contributed by atoms with E-state index in [0.29, 0.717) is 5.78 Å². The SMILES string of the molecule is CCC(C)(I)C(=O)C(C)(C)CC(C)(C)I. The quantitative estimate of drug-likeness (QED) is 0.448. The molecule has 0 amide bonds. The highest BCUT2D eigenvalue weighted by Crippen LogP contribution is 2.40. The van der Waals surface area contributed by atoms with Crippen molar-refractivity contribution in [2.75, 3.05) is 0 Å². The van der Waals surface area contributed by atoms with Gasteiger partial charge in [0.25, 0.3) is 0 Å². The van der Waals surface area contributed by atoms with Crippen molar-refractivity contribution >= 4 is 51.0 Å². The summed E-state index contributed by atoms with van der Waals surface area (Å²) < 4.78 is -0.0411. The minimum absolute atomic E-state index is 0.178. The van der Waals surface area contributed by atoms with Crippen LogP contribution in [-0.2, 0) is 4.79 Å². The summed E-state index contributed by atoms with van der Waals surface area (Å²) in [5.74, 6) is 0.378. The molecule has 15 heavy (non-hydrogen) atoms. The Bertz CT molecular complexity index is 236. The second kappa shape index (κ2) is 5.19. The van der Waals surface area contributed by atoms with Crippen molar-refractivity contribution in [3.05, 3.63) is 0 Å². The predicted octanol–water partition coefficient (Wildman–Crippen LogP) is 4.79. The Labute approximate surface area is 121 Å². The second-order valence-corrected chi connectivity index (χ2v) is 11.0. The Morgan fingerprint density at radius 3 is 1.73 bits per heavy atom. The number of alkyl halides is 2. The largest absolute Gasteiger partial charge is 0.298 e. The lowest BCUT2D eigenvalue weighted by Gasteiger charge is -2.35. The molecule has 3 heteroatoms. The maximum atomic E-state index is 12.4. The van der Waals surface area contributed by atoms with Gasteiger partial charge in [0, 0.05) is 8.84 Å². The van der Waals surface area contributed by atoms with Gasteiger partial charge in [-0.25, -0.2) is 0 Å². The molecule has 0 aliphatic carbocycles. The van der Waals surface area contributed by atoms with Crippen molar-refractivity contribution in [1.29, 1.82) is 0 Å². The van der Waals surface area contributed by atoms with Crippen molar-refractivity contribution in [2.24, 2.45) is 5.41 Å². The van der Waals surface area contributed by atoms with Crippen LogP contribution in [0, 0.1) is 5.41 Å². The summed E-state index contributed by atoms with van der Waals surface area (Å²) in [4.78, 5) is 12.4. The van der Waals surface area contributed by atoms with E-state index in [-0.39, 0.29) is 12.3 Å². The summed E-state index contributed by atoms with van der Waals surface area (Å²) in [7, 11) is 0. The molecular formula is C12H22I2O. The van der Waals surface area contributed by atoms with Crippen LogP contribution in [0.15, 0.2) is 0 Å². The molecule has 0 aliphatic heterocycles. The fourth-order valence-electron chi connectivity index (χ4n) is 2.00. The Morgan fingerprint density at radius 2 is 1.47 bits per heavy atom. The third kappa shape index (κ3) is 5.33. The average Bonchev–Trinajstić information content (AvgIpc) is 1.98. The van der Waals surface area contributed by atoms with Crippen LogP contribution in [0.3, 0.4) is 0 Å². The van der Waals surface area contributed by atoms with E-state index in [4.69, 9.17) is 0 Å². The topological polar surface area (TPSA) is 17.1 Å². The monoisotopic (exact) mass is 436 g/mol. The van der Waals surface area contributed by atoms with Gasteiger partial charge in [-0.05, 0) is 19.8 Å². The molecule has 1 nitrogen and oxygen atoms in total. The summed E-state index contributed by atoms with van der Waals surface area (Å²) in [6, 6.07) is 0. The molecule has 0 aromatic heterocycles. The number of Topliss-reactive ketones (excluding diaryl/α,β-unsaturated/α-hetero) is 1. The summed E-state index contributed by atoms with van der Waals surface area (Å²) in [5, 5.41) is 0. The third-order valence-electron chi connectivity index (χ3n) is 2.61. The number of ketones is 1. The first-order valence-corrected chi connectivity index (χ1v) is 7.51. The Morgan fingerprint density at radius 1 is 1.07 bits per heavy atom. The molecule has 0 saturated carbocycles. The summed E-state index contributed by atoms with van der Waals surface area (Å²) in [5.41, 5.74) is -0.226. The number of halogens is 2. The normalized spacial score (nSPS) is 17.3. The van der Waals surface area contributed by atoms with E-state index in [1.807, 2.05) is 6.92 Å². The number of carbonyl (C=O) groups is 1. The molecule has 1 atom stereocenters. The molecule has 0 aromatic rings. The third-order valence-corrected chi connectivity index (χ3v) is 4.25. The zero-order chi connectivity index (χ0) is 12.5. The van der Waals surface area contributed by atoms with E-state index < -0.39 is 0 Å². The van der Waals surface area contributed by atoms with Crippen LogP contribution in [0.1, 0.15) is 54.4 Å². The lowest BCUT2D eigenvalue weighted by atomic mass is 9.75. The van der Waals surface area contributed by atoms with E-state index >= 15 is 0 Å². The number of rotatable bonds is 5. The average molecular weight is 436 g/mol. The van der Waals surface area contributed by atoms with Crippen LogP contribution in [0.4, 0.5) is 0 Å².